The molecule has 9 rings (SSSR count). The average molecular weight is 962 g/mol. The smallest absolute Gasteiger partial charge is 0.187 e. The molecule has 0 saturated carbocycles. The first-order valence-corrected chi connectivity index (χ1v) is 24.0. The van der Waals surface area contributed by atoms with Crippen LogP contribution in [0.5, 0.6) is 0 Å². The molecule has 71 heavy (non-hydrogen) atoms. The third kappa shape index (κ3) is 11.8. The molecule has 0 bridgehead atoms. The number of nitrogens with zero attached hydrogens (tertiary/aromatic N) is 5. The maximum absolute atomic E-state index is 13.4. The third-order valence-corrected chi connectivity index (χ3v) is 13.5. The second kappa shape index (κ2) is 23.5. The van der Waals surface area contributed by atoms with Gasteiger partial charge in [-0.1, -0.05) is 91.0 Å². The summed E-state index contributed by atoms with van der Waals surface area (Å²) in [6.45, 7) is 25.8. The summed E-state index contributed by atoms with van der Waals surface area (Å²) in [7, 11) is 10.1. The van der Waals surface area contributed by atoms with Crippen molar-refractivity contribution in [2.24, 2.45) is 0 Å². The molecular weight excluding hydrogens is 898 g/mol. The van der Waals surface area contributed by atoms with E-state index in [2.05, 4.69) is 57.8 Å². The molecule has 0 aliphatic carbocycles. The van der Waals surface area contributed by atoms with Gasteiger partial charge in [0.15, 0.2) is 17.1 Å². The van der Waals surface area contributed by atoms with Crippen LogP contribution in [0.15, 0.2) is 127 Å². The quantitative estimate of drug-likeness (QED) is 0.0817. The van der Waals surface area contributed by atoms with E-state index in [-0.39, 0.29) is 18.9 Å². The molecule has 3 aliphatic heterocycles. The second-order valence-corrected chi connectivity index (χ2v) is 18.7. The van der Waals surface area contributed by atoms with Gasteiger partial charge < -0.3 is 29.3 Å². The van der Waals surface area contributed by atoms with Gasteiger partial charge in [-0.2, -0.15) is 0 Å². The molecule has 0 aromatic heterocycles. The summed E-state index contributed by atoms with van der Waals surface area (Å²) in [5.74, 6) is -0.742. The molecule has 0 fully saturated rings. The van der Waals surface area contributed by atoms with Crippen molar-refractivity contribution in [3.63, 3.8) is 0 Å². The topological polar surface area (TPSA) is 59.3 Å². The molecule has 3 heterocycles. The predicted molar refractivity (Wildman–Crippen MR) is 275 cm³/mol. The molecule has 1 N–H and O–H groups in total. The largest absolute Gasteiger partial charge is 0.361 e. The lowest BCUT2D eigenvalue weighted by atomic mass is 9.82. The van der Waals surface area contributed by atoms with E-state index in [9.17, 15) is 13.2 Å². The number of rotatable bonds is 15. The Morgan fingerprint density at radius 3 is 1.04 bits per heavy atom. The third-order valence-electron chi connectivity index (χ3n) is 13.5. The Morgan fingerprint density at radius 1 is 0.479 bits per heavy atom. The maximum Gasteiger partial charge on any atom is 0.187 e. The van der Waals surface area contributed by atoms with Crippen LogP contribution >= 0.6 is 0 Å². The Bertz CT molecular complexity index is 2770. The monoisotopic (exact) mass is 961 g/mol. The summed E-state index contributed by atoms with van der Waals surface area (Å²) >= 11 is 0. The van der Waals surface area contributed by atoms with E-state index in [1.807, 2.05) is 85.9 Å². The van der Waals surface area contributed by atoms with E-state index >= 15 is 0 Å². The fourth-order valence-electron chi connectivity index (χ4n) is 10.1. The van der Waals surface area contributed by atoms with Gasteiger partial charge in [0.2, 0.25) is 0 Å². The molecule has 0 spiro atoms. The Morgan fingerprint density at radius 2 is 0.775 bits per heavy atom. The molecule has 9 nitrogen and oxygen atoms in total. The number of nitrogens with one attached hydrogen (secondary N) is 1. The molecular formula is C59H63F3N6O3. The van der Waals surface area contributed by atoms with Gasteiger partial charge in [0.25, 0.3) is 0 Å². The maximum atomic E-state index is 13.4. The van der Waals surface area contributed by atoms with Crippen LogP contribution < -0.4 is 5.32 Å². The number of halogens is 3. The fraction of sp³-hybridized carbons (Fsp3) is 0.339. The highest BCUT2D eigenvalue weighted by molar-refractivity contribution is 5.57. The zero-order valence-electron chi connectivity index (χ0n) is 41.2. The predicted octanol–water partition coefficient (Wildman–Crippen LogP) is 13.4. The number of hydrogen-bond acceptors (Lipinski definition) is 6. The minimum Gasteiger partial charge on any atom is -0.361 e. The molecule has 3 aliphatic rings. The van der Waals surface area contributed by atoms with Crippen LogP contribution in [0.3, 0.4) is 0 Å². The molecule has 3 unspecified atom stereocenters. The summed E-state index contributed by atoms with van der Waals surface area (Å²) in [5, 5.41) is 3.16. The summed E-state index contributed by atoms with van der Waals surface area (Å²) in [6, 6.07) is 36.9. The van der Waals surface area contributed by atoms with Crippen molar-refractivity contribution < 1.29 is 28.8 Å². The SMILES string of the molecule is [2HH].[C-]#[N+]c1ccc2c(c1)COC2(CCCN(C)C)c1ccc(F)cc1.[C-]#[N+]c1ccc2c(c1)COC2(CCCN(C)C)c1ccc(F)cc1.[C-]#[N+]c1ccc2c(c1)COC2(CCCNC)c1ccc(F)cc1. The van der Waals surface area contributed by atoms with E-state index in [4.69, 9.17) is 33.9 Å². The van der Waals surface area contributed by atoms with Crippen LogP contribution in [-0.4, -0.2) is 64.7 Å². The van der Waals surface area contributed by atoms with Gasteiger partial charge in [-0.05, 0) is 180 Å². The van der Waals surface area contributed by atoms with Gasteiger partial charge >= 0.3 is 0 Å². The number of ether oxygens (including phenoxy) is 3. The van der Waals surface area contributed by atoms with Gasteiger partial charge in [0.05, 0.1) is 39.5 Å². The molecule has 368 valence electrons. The highest BCUT2D eigenvalue weighted by atomic mass is 19.1. The molecule has 6 aromatic carbocycles. The van der Waals surface area contributed by atoms with Crippen molar-refractivity contribution in [2.75, 3.05) is 54.9 Å². The first-order valence-electron chi connectivity index (χ1n) is 24.0. The van der Waals surface area contributed by atoms with E-state index in [1.54, 1.807) is 12.1 Å². The zero-order valence-corrected chi connectivity index (χ0v) is 41.2. The summed E-state index contributed by atoms with van der Waals surface area (Å²) < 4.78 is 58.8. The second-order valence-electron chi connectivity index (χ2n) is 18.7. The standard InChI is InChI=1S/2C20H21FN2O.C19H19FN2O.H2/c2*1-22-18-9-10-19-15(13-18)14-24-20(19,11-4-12-23(2)3)16-5-7-17(21)8-6-16;1-21-11-3-10-19(15-4-6-16(20)7-5-15)18-9-8-17(22-2)12-14(18)13-23-19;/h2*5-10,13H,4,11-12,14H2,2-3H3;4-9,12,21H,3,10-11,13H2,1H3;1H/i;;;1+1. The Balaban J connectivity index is 0.000000175. The van der Waals surface area contributed by atoms with E-state index in [0.717, 1.165) is 108 Å². The Hall–Kier alpha value is -6.66. The molecule has 6 aromatic rings. The Labute approximate surface area is 418 Å². The lowest BCUT2D eigenvalue weighted by molar-refractivity contribution is -0.0141. The van der Waals surface area contributed by atoms with Crippen LogP contribution in [0.25, 0.3) is 14.5 Å². The lowest BCUT2D eigenvalue weighted by Gasteiger charge is -2.31. The highest BCUT2D eigenvalue weighted by Gasteiger charge is 2.43. The van der Waals surface area contributed by atoms with Gasteiger partial charge in [-0.3, -0.25) is 0 Å². The van der Waals surface area contributed by atoms with Crippen molar-refractivity contribution in [1.82, 2.24) is 15.1 Å². The van der Waals surface area contributed by atoms with Crippen molar-refractivity contribution in [3.05, 3.63) is 229 Å². The first-order chi connectivity index (χ1) is 34.3. The zero-order chi connectivity index (χ0) is 50.6. The number of fused-ring (bicyclic) bond motifs is 3. The van der Waals surface area contributed by atoms with E-state index < -0.39 is 16.8 Å². The van der Waals surface area contributed by atoms with Crippen LogP contribution in [0.4, 0.5) is 30.2 Å². The van der Waals surface area contributed by atoms with Gasteiger partial charge in [0, 0.05) is 1.43 Å². The molecule has 3 atom stereocenters. The highest BCUT2D eigenvalue weighted by Crippen LogP contribution is 2.49. The molecule has 12 heteroatoms. The fourth-order valence-corrected chi connectivity index (χ4v) is 10.1. The van der Waals surface area contributed by atoms with Crippen molar-refractivity contribution in [1.29, 1.82) is 0 Å². The van der Waals surface area contributed by atoms with Crippen molar-refractivity contribution in [2.45, 2.75) is 75.1 Å². The van der Waals surface area contributed by atoms with E-state index in [1.165, 1.54) is 36.4 Å². The van der Waals surface area contributed by atoms with Crippen LogP contribution in [0, 0.1) is 37.2 Å². The Kier molecular flexibility index (Phi) is 17.3. The minimum atomic E-state index is -0.556. The summed E-state index contributed by atoms with van der Waals surface area (Å²) in [6.07, 6.45) is 5.33. The van der Waals surface area contributed by atoms with Crippen LogP contribution in [0.1, 0.15) is 90.0 Å². The molecule has 0 radical (unpaired) electrons. The molecule has 0 saturated heterocycles. The van der Waals surface area contributed by atoms with Gasteiger partial charge in [-0.25, -0.2) is 27.7 Å². The van der Waals surface area contributed by atoms with Gasteiger partial charge in [-0.15, -0.1) is 0 Å². The lowest BCUT2D eigenvalue weighted by Crippen LogP contribution is -2.28. The van der Waals surface area contributed by atoms with Crippen LogP contribution in [0.2, 0.25) is 0 Å². The molecule has 0 amide bonds. The van der Waals surface area contributed by atoms with E-state index in [0.29, 0.717) is 36.9 Å². The van der Waals surface area contributed by atoms with Crippen molar-refractivity contribution in [3.8, 4) is 0 Å². The van der Waals surface area contributed by atoms with Crippen LogP contribution in [-0.2, 0) is 50.8 Å². The first kappa shape index (κ1) is 52.2. The van der Waals surface area contributed by atoms with Crippen molar-refractivity contribution >= 4 is 17.1 Å². The average Bonchev–Trinajstić information content (AvgIpc) is 4.07. The number of benzene rings is 6. The van der Waals surface area contributed by atoms with Gasteiger partial charge in [0.1, 0.15) is 34.3 Å². The summed E-state index contributed by atoms with van der Waals surface area (Å²) in [5.41, 5.74) is 9.55. The normalized spacial score (nSPS) is 19.3. The number of hydrogen-bond donors (Lipinski definition) is 1. The summed E-state index contributed by atoms with van der Waals surface area (Å²) in [4.78, 5) is 14.8. The minimum absolute atomic E-state index is 0.